The molecule has 1 unspecified atom stereocenters. The molecule has 1 amide bonds. The van der Waals surface area contributed by atoms with Gasteiger partial charge >= 0.3 is 0 Å². The van der Waals surface area contributed by atoms with Crippen molar-refractivity contribution in [3.63, 3.8) is 0 Å². The zero-order valence-corrected chi connectivity index (χ0v) is 22.0. The number of piperidine rings is 1. The molecule has 1 atom stereocenters. The lowest BCUT2D eigenvalue weighted by atomic mass is 9.98. The van der Waals surface area contributed by atoms with Crippen molar-refractivity contribution in [1.82, 2.24) is 9.47 Å². The molecular formula is C26H30N4O3S2. The Kier molecular flexibility index (Phi) is 7.82. The van der Waals surface area contributed by atoms with Crippen molar-refractivity contribution in [1.29, 1.82) is 5.26 Å². The molecule has 0 bridgehead atoms. The lowest BCUT2D eigenvalue weighted by Gasteiger charge is -2.36. The number of unbranched alkanes of at least 4 members (excludes halogenated alkanes) is 1. The molecule has 2 aromatic rings. The van der Waals surface area contributed by atoms with Crippen LogP contribution in [0, 0.1) is 24.2 Å². The Morgan fingerprint density at radius 1 is 1.37 bits per heavy atom. The van der Waals surface area contributed by atoms with Gasteiger partial charge in [0.15, 0.2) is 0 Å². The van der Waals surface area contributed by atoms with E-state index in [0.29, 0.717) is 33.0 Å². The van der Waals surface area contributed by atoms with Gasteiger partial charge in [-0.05, 0) is 55.9 Å². The van der Waals surface area contributed by atoms with Gasteiger partial charge in [0.1, 0.15) is 27.5 Å². The van der Waals surface area contributed by atoms with E-state index in [2.05, 4.69) is 24.8 Å². The maximum absolute atomic E-state index is 13.4. The molecule has 9 heteroatoms. The molecule has 35 heavy (non-hydrogen) atoms. The first kappa shape index (κ1) is 25.3. The minimum absolute atomic E-state index is 0.132. The van der Waals surface area contributed by atoms with Crippen LogP contribution in [-0.4, -0.2) is 32.8 Å². The number of thiocarbonyl (C=S) groups is 1. The summed E-state index contributed by atoms with van der Waals surface area (Å²) in [6.07, 6.45) is 7.33. The summed E-state index contributed by atoms with van der Waals surface area (Å²) < 4.78 is 7.62. The minimum Gasteiger partial charge on any atom is -0.467 e. The molecule has 184 valence electrons. The van der Waals surface area contributed by atoms with E-state index in [9.17, 15) is 14.9 Å². The van der Waals surface area contributed by atoms with Crippen molar-refractivity contribution < 1.29 is 9.21 Å². The lowest BCUT2D eigenvalue weighted by molar-refractivity contribution is -0.122. The molecule has 2 fully saturated rings. The van der Waals surface area contributed by atoms with Crippen molar-refractivity contribution in [2.75, 3.05) is 18.0 Å². The third-order valence-corrected chi connectivity index (χ3v) is 7.96. The molecular weight excluding hydrogens is 480 g/mol. The van der Waals surface area contributed by atoms with Gasteiger partial charge in [-0.3, -0.25) is 19.1 Å². The van der Waals surface area contributed by atoms with E-state index in [1.54, 1.807) is 23.8 Å². The molecule has 4 rings (SSSR count). The molecule has 0 spiro atoms. The second kappa shape index (κ2) is 10.8. The number of aromatic nitrogens is 1. The van der Waals surface area contributed by atoms with Gasteiger partial charge < -0.3 is 9.32 Å². The molecule has 4 heterocycles. The van der Waals surface area contributed by atoms with E-state index in [1.165, 1.54) is 16.7 Å². The molecule has 2 saturated heterocycles. The lowest BCUT2D eigenvalue weighted by Crippen LogP contribution is -2.40. The van der Waals surface area contributed by atoms with Crippen molar-refractivity contribution in [2.24, 2.45) is 5.92 Å². The fourth-order valence-electron chi connectivity index (χ4n) is 4.72. The molecule has 2 aliphatic rings. The smallest absolute Gasteiger partial charge is 0.270 e. The number of furan rings is 1. The fourth-order valence-corrected chi connectivity index (χ4v) is 5.95. The Bertz CT molecular complexity index is 1260. The van der Waals surface area contributed by atoms with E-state index in [1.807, 2.05) is 12.1 Å². The van der Waals surface area contributed by atoms with E-state index in [4.69, 9.17) is 16.6 Å². The van der Waals surface area contributed by atoms with E-state index >= 15 is 0 Å². The number of nitriles is 1. The number of hydrogen-bond acceptors (Lipinski definition) is 7. The SMILES string of the molecule is CCCCn1c(N2CCCC(C)C2)c(C=C2SC(=S)N(Cc3ccco3)C2=O)c(C)c(C#N)c1=O. The number of carbonyl (C=O) groups excluding carboxylic acids is 1. The second-order valence-corrected chi connectivity index (χ2v) is 10.9. The van der Waals surface area contributed by atoms with Crippen LogP contribution < -0.4 is 10.5 Å². The van der Waals surface area contributed by atoms with Crippen LogP contribution in [0.1, 0.15) is 62.0 Å². The maximum Gasteiger partial charge on any atom is 0.270 e. The Balaban J connectivity index is 1.85. The summed E-state index contributed by atoms with van der Waals surface area (Å²) in [5.74, 6) is 1.76. The molecule has 2 aliphatic heterocycles. The highest BCUT2D eigenvalue weighted by Gasteiger charge is 2.34. The van der Waals surface area contributed by atoms with Gasteiger partial charge in [-0.15, -0.1) is 0 Å². The summed E-state index contributed by atoms with van der Waals surface area (Å²) in [5, 5.41) is 9.85. The zero-order chi connectivity index (χ0) is 25.1. The number of nitrogens with zero attached hydrogens (tertiary/aromatic N) is 4. The first-order valence-electron chi connectivity index (χ1n) is 12.1. The predicted octanol–water partition coefficient (Wildman–Crippen LogP) is 5.06. The zero-order valence-electron chi connectivity index (χ0n) is 20.4. The molecule has 0 N–H and O–H groups in total. The van der Waals surface area contributed by atoms with Crippen LogP contribution in [0.2, 0.25) is 0 Å². The summed E-state index contributed by atoms with van der Waals surface area (Å²) in [6, 6.07) is 5.71. The average Bonchev–Trinajstić information content (AvgIpc) is 3.44. The topological polar surface area (TPSA) is 82.5 Å². The second-order valence-electron chi connectivity index (χ2n) is 9.20. The van der Waals surface area contributed by atoms with Crippen LogP contribution in [0.15, 0.2) is 32.5 Å². The highest BCUT2D eigenvalue weighted by molar-refractivity contribution is 8.26. The van der Waals surface area contributed by atoms with Crippen LogP contribution >= 0.6 is 24.0 Å². The van der Waals surface area contributed by atoms with Crippen LogP contribution in [0.4, 0.5) is 5.82 Å². The van der Waals surface area contributed by atoms with E-state index in [0.717, 1.165) is 50.2 Å². The van der Waals surface area contributed by atoms with Gasteiger partial charge in [-0.25, -0.2) is 0 Å². The number of thioether (sulfide) groups is 1. The number of carbonyl (C=O) groups is 1. The van der Waals surface area contributed by atoms with Crippen LogP contribution in [0.3, 0.4) is 0 Å². The molecule has 7 nitrogen and oxygen atoms in total. The Morgan fingerprint density at radius 2 is 2.17 bits per heavy atom. The van der Waals surface area contributed by atoms with Crippen LogP contribution in [0.5, 0.6) is 0 Å². The van der Waals surface area contributed by atoms with Gasteiger partial charge in [0.25, 0.3) is 11.5 Å². The Hall–Kier alpha value is -2.83. The summed E-state index contributed by atoms with van der Waals surface area (Å²) in [4.78, 5) is 31.0. The molecule has 0 aromatic carbocycles. The summed E-state index contributed by atoms with van der Waals surface area (Å²) in [7, 11) is 0. The normalized spacial score (nSPS) is 19.6. The number of amides is 1. The monoisotopic (exact) mass is 510 g/mol. The van der Waals surface area contributed by atoms with Crippen molar-refractivity contribution >= 4 is 46.1 Å². The van der Waals surface area contributed by atoms with Crippen LogP contribution in [-0.2, 0) is 17.9 Å². The quantitative estimate of drug-likeness (QED) is 0.380. The highest BCUT2D eigenvalue weighted by atomic mass is 32.2. The molecule has 0 radical (unpaired) electrons. The number of rotatable bonds is 7. The first-order valence-corrected chi connectivity index (χ1v) is 13.3. The standard InChI is InChI=1S/C26H30N4O3S2/c1-4-5-11-29-23(28-10-6-8-17(2)15-28)20(18(3)21(14-27)24(29)31)13-22-25(32)30(26(34)35-22)16-19-9-7-12-33-19/h7,9,12-13,17H,4-6,8,10-11,15-16H2,1-3H3. The van der Waals surface area contributed by atoms with E-state index in [-0.39, 0.29) is 23.6 Å². The van der Waals surface area contributed by atoms with Gasteiger partial charge in [0.05, 0.1) is 17.7 Å². The summed E-state index contributed by atoms with van der Waals surface area (Å²) in [5.41, 5.74) is 1.24. The average molecular weight is 511 g/mol. The maximum atomic E-state index is 13.4. The minimum atomic E-state index is -0.255. The van der Waals surface area contributed by atoms with Gasteiger partial charge in [-0.2, -0.15) is 5.26 Å². The third-order valence-electron chi connectivity index (χ3n) is 6.58. The number of pyridine rings is 1. The molecule has 0 saturated carbocycles. The summed E-state index contributed by atoms with van der Waals surface area (Å²) in [6.45, 7) is 8.57. The molecule has 0 aliphatic carbocycles. The highest BCUT2D eigenvalue weighted by Crippen LogP contribution is 2.37. The Labute approximate surface area is 215 Å². The first-order chi connectivity index (χ1) is 16.8. The Morgan fingerprint density at radius 3 is 2.83 bits per heavy atom. The van der Waals surface area contributed by atoms with Gasteiger partial charge in [0.2, 0.25) is 0 Å². The predicted molar refractivity (Wildman–Crippen MR) is 143 cm³/mol. The fraction of sp³-hybridized carbons (Fsp3) is 0.462. The largest absolute Gasteiger partial charge is 0.467 e. The number of hydrogen-bond donors (Lipinski definition) is 0. The van der Waals surface area contributed by atoms with Crippen molar-refractivity contribution in [3.8, 4) is 6.07 Å². The van der Waals surface area contributed by atoms with Gasteiger partial charge in [-0.1, -0.05) is 44.2 Å². The van der Waals surface area contributed by atoms with Crippen molar-refractivity contribution in [3.05, 3.63) is 56.1 Å². The summed E-state index contributed by atoms with van der Waals surface area (Å²) >= 11 is 6.75. The van der Waals surface area contributed by atoms with Crippen LogP contribution in [0.25, 0.3) is 6.08 Å². The van der Waals surface area contributed by atoms with Gasteiger partial charge in [0, 0.05) is 25.2 Å². The van der Waals surface area contributed by atoms with E-state index < -0.39 is 0 Å². The molecule has 2 aromatic heterocycles. The third kappa shape index (κ3) is 5.09. The van der Waals surface area contributed by atoms with Crippen molar-refractivity contribution in [2.45, 2.75) is 59.5 Å². The number of anilines is 1.